The Bertz CT molecular complexity index is 1170. The van der Waals surface area contributed by atoms with Crippen LogP contribution in [0.3, 0.4) is 0 Å². The summed E-state index contributed by atoms with van der Waals surface area (Å²) in [6.07, 6.45) is 0.305. The average molecular weight is 474 g/mol. The Labute approximate surface area is 193 Å². The molecule has 0 aromatic heterocycles. The number of rotatable bonds is 10. The summed E-state index contributed by atoms with van der Waals surface area (Å²) in [6, 6.07) is 20.5. The third-order valence-corrected chi connectivity index (χ3v) is 6.93. The summed E-state index contributed by atoms with van der Waals surface area (Å²) in [7, 11) is -1.87. The van der Waals surface area contributed by atoms with Crippen molar-refractivity contribution in [2.75, 3.05) is 19.4 Å². The van der Waals surface area contributed by atoms with Gasteiger partial charge in [0, 0.05) is 22.7 Å². The average Bonchev–Trinajstić information content (AvgIpc) is 2.81. The molecule has 168 valence electrons. The largest absolute Gasteiger partial charge is 0.493 e. The van der Waals surface area contributed by atoms with Gasteiger partial charge in [0.15, 0.2) is 21.3 Å². The monoisotopic (exact) mass is 473 g/mol. The van der Waals surface area contributed by atoms with E-state index in [1.807, 2.05) is 18.2 Å². The van der Waals surface area contributed by atoms with Gasteiger partial charge in [0.05, 0.1) is 17.8 Å². The lowest BCUT2D eigenvalue weighted by molar-refractivity contribution is 0.0953. The van der Waals surface area contributed by atoms with Gasteiger partial charge in [-0.2, -0.15) is 0 Å². The predicted molar refractivity (Wildman–Crippen MR) is 124 cm³/mol. The number of ether oxygens (including phenoxy) is 2. The number of sulfone groups is 1. The number of methoxy groups -OCH3 is 1. The van der Waals surface area contributed by atoms with Crippen molar-refractivity contribution in [1.82, 2.24) is 5.32 Å². The van der Waals surface area contributed by atoms with Crippen LogP contribution < -0.4 is 14.8 Å². The molecule has 1 N–H and O–H groups in total. The van der Waals surface area contributed by atoms with E-state index in [2.05, 4.69) is 5.32 Å². The van der Waals surface area contributed by atoms with Gasteiger partial charge in [-0.15, -0.1) is 0 Å². The smallest absolute Gasteiger partial charge is 0.251 e. The number of hydrogen-bond acceptors (Lipinski definition) is 5. The maximum absolute atomic E-state index is 12.5. The molecule has 32 heavy (non-hydrogen) atoms. The first-order valence-electron chi connectivity index (χ1n) is 10.0. The fourth-order valence-electron chi connectivity index (χ4n) is 3.01. The molecular weight excluding hydrogens is 450 g/mol. The number of benzene rings is 3. The van der Waals surface area contributed by atoms with Crippen LogP contribution in [0.5, 0.6) is 11.5 Å². The molecule has 0 spiro atoms. The summed E-state index contributed by atoms with van der Waals surface area (Å²) < 4.78 is 35.8. The van der Waals surface area contributed by atoms with Crippen molar-refractivity contribution in [3.63, 3.8) is 0 Å². The second-order valence-corrected chi connectivity index (χ2v) is 9.50. The van der Waals surface area contributed by atoms with Crippen molar-refractivity contribution in [3.8, 4) is 11.5 Å². The van der Waals surface area contributed by atoms with Crippen molar-refractivity contribution in [1.29, 1.82) is 0 Å². The standard InChI is InChI=1S/C24H24ClNO5S/c1-30-23-16-18(12-13-22(23)31-17-19-8-5-6-11-21(19)25)24(27)26-14-7-15-32(28,29)20-9-3-2-4-10-20/h2-6,8-13,16H,7,14-15,17H2,1H3,(H,26,27). The van der Waals surface area contributed by atoms with E-state index in [4.69, 9.17) is 21.1 Å². The van der Waals surface area contributed by atoms with E-state index in [-0.39, 0.29) is 29.7 Å². The molecule has 0 aliphatic carbocycles. The van der Waals surface area contributed by atoms with E-state index in [1.54, 1.807) is 54.6 Å². The van der Waals surface area contributed by atoms with Crippen LogP contribution in [0.2, 0.25) is 5.02 Å². The van der Waals surface area contributed by atoms with Crippen molar-refractivity contribution in [3.05, 3.63) is 88.9 Å². The normalized spacial score (nSPS) is 11.1. The highest BCUT2D eigenvalue weighted by Crippen LogP contribution is 2.29. The zero-order valence-electron chi connectivity index (χ0n) is 17.6. The molecular formula is C24H24ClNO5S. The van der Waals surface area contributed by atoms with E-state index in [1.165, 1.54) is 7.11 Å². The van der Waals surface area contributed by atoms with Crippen molar-refractivity contribution in [2.45, 2.75) is 17.9 Å². The zero-order chi connectivity index (χ0) is 23.0. The van der Waals surface area contributed by atoms with Crippen LogP contribution in [0.15, 0.2) is 77.7 Å². The Hall–Kier alpha value is -3.03. The minimum atomic E-state index is -3.37. The quantitative estimate of drug-likeness (QED) is 0.438. The summed E-state index contributed by atoms with van der Waals surface area (Å²) in [5, 5.41) is 3.35. The molecule has 0 radical (unpaired) electrons. The summed E-state index contributed by atoms with van der Waals surface area (Å²) in [4.78, 5) is 12.7. The lowest BCUT2D eigenvalue weighted by Gasteiger charge is -2.13. The fourth-order valence-corrected chi connectivity index (χ4v) is 4.53. The summed E-state index contributed by atoms with van der Waals surface area (Å²) >= 11 is 6.15. The highest BCUT2D eigenvalue weighted by Gasteiger charge is 2.15. The molecule has 6 nitrogen and oxygen atoms in total. The number of amides is 1. The molecule has 3 aromatic rings. The third-order valence-electron chi connectivity index (χ3n) is 4.74. The van der Waals surface area contributed by atoms with Crippen molar-refractivity contribution >= 4 is 27.3 Å². The Balaban J connectivity index is 1.54. The van der Waals surface area contributed by atoms with Gasteiger partial charge in [0.2, 0.25) is 0 Å². The van der Waals surface area contributed by atoms with Crippen LogP contribution in [-0.4, -0.2) is 33.7 Å². The Morgan fingerprint density at radius 1 is 0.969 bits per heavy atom. The van der Waals surface area contributed by atoms with Gasteiger partial charge >= 0.3 is 0 Å². The van der Waals surface area contributed by atoms with Crippen LogP contribution in [0.4, 0.5) is 0 Å². The number of nitrogens with one attached hydrogen (secondary N) is 1. The second-order valence-electron chi connectivity index (χ2n) is 6.99. The van der Waals surface area contributed by atoms with Crippen LogP contribution in [0.25, 0.3) is 0 Å². The lowest BCUT2D eigenvalue weighted by atomic mass is 10.2. The molecule has 0 aliphatic rings. The molecule has 3 rings (SSSR count). The first-order valence-corrected chi connectivity index (χ1v) is 12.0. The molecule has 0 unspecified atom stereocenters. The van der Waals surface area contributed by atoms with Gasteiger partial charge in [0.1, 0.15) is 6.61 Å². The number of hydrogen-bond donors (Lipinski definition) is 1. The molecule has 1 amide bonds. The predicted octanol–water partition coefficient (Wildman–Crippen LogP) is 4.52. The Morgan fingerprint density at radius 3 is 2.41 bits per heavy atom. The highest BCUT2D eigenvalue weighted by molar-refractivity contribution is 7.91. The maximum Gasteiger partial charge on any atom is 0.251 e. The van der Waals surface area contributed by atoms with E-state index < -0.39 is 9.84 Å². The molecule has 0 saturated carbocycles. The molecule has 0 heterocycles. The third kappa shape index (κ3) is 6.24. The van der Waals surface area contributed by atoms with Crippen LogP contribution in [0, 0.1) is 0 Å². The molecule has 8 heteroatoms. The van der Waals surface area contributed by atoms with Gasteiger partial charge in [-0.3, -0.25) is 4.79 Å². The van der Waals surface area contributed by atoms with Gasteiger partial charge in [-0.1, -0.05) is 48.0 Å². The first kappa shape index (κ1) is 23.6. The second kappa shape index (κ2) is 11.0. The van der Waals surface area contributed by atoms with Gasteiger partial charge in [-0.25, -0.2) is 8.42 Å². The fraction of sp³-hybridized carbons (Fsp3) is 0.208. The number of carbonyl (C=O) groups excluding carboxylic acids is 1. The van der Waals surface area contributed by atoms with E-state index in [0.29, 0.717) is 28.5 Å². The first-order chi connectivity index (χ1) is 15.4. The molecule has 3 aromatic carbocycles. The lowest BCUT2D eigenvalue weighted by Crippen LogP contribution is -2.26. The molecule has 0 bridgehead atoms. The summed E-state index contributed by atoms with van der Waals surface area (Å²) in [5.41, 5.74) is 1.22. The Morgan fingerprint density at radius 2 is 1.69 bits per heavy atom. The van der Waals surface area contributed by atoms with Crippen molar-refractivity contribution in [2.24, 2.45) is 0 Å². The van der Waals surface area contributed by atoms with E-state index in [9.17, 15) is 13.2 Å². The van der Waals surface area contributed by atoms with E-state index in [0.717, 1.165) is 5.56 Å². The molecule has 0 aliphatic heterocycles. The highest BCUT2D eigenvalue weighted by atomic mass is 35.5. The van der Waals surface area contributed by atoms with Gasteiger partial charge in [0.25, 0.3) is 5.91 Å². The molecule has 0 atom stereocenters. The van der Waals surface area contributed by atoms with Crippen LogP contribution >= 0.6 is 11.6 Å². The Kier molecular flexibility index (Phi) is 8.14. The van der Waals surface area contributed by atoms with Crippen LogP contribution in [0.1, 0.15) is 22.3 Å². The number of halogens is 1. The summed E-state index contributed by atoms with van der Waals surface area (Å²) in [5.74, 6) is 0.530. The minimum absolute atomic E-state index is 0.0462. The van der Waals surface area contributed by atoms with E-state index >= 15 is 0 Å². The summed E-state index contributed by atoms with van der Waals surface area (Å²) in [6.45, 7) is 0.495. The minimum Gasteiger partial charge on any atom is -0.493 e. The van der Waals surface area contributed by atoms with Gasteiger partial charge in [-0.05, 0) is 42.8 Å². The number of carbonyl (C=O) groups is 1. The van der Waals surface area contributed by atoms with Crippen molar-refractivity contribution < 1.29 is 22.7 Å². The zero-order valence-corrected chi connectivity index (χ0v) is 19.2. The SMILES string of the molecule is COc1cc(C(=O)NCCCS(=O)(=O)c2ccccc2)ccc1OCc1ccccc1Cl. The maximum atomic E-state index is 12.5. The molecule has 0 saturated heterocycles. The van der Waals surface area contributed by atoms with Crippen LogP contribution in [-0.2, 0) is 16.4 Å². The topological polar surface area (TPSA) is 81.7 Å². The van der Waals surface area contributed by atoms with Gasteiger partial charge < -0.3 is 14.8 Å². The molecule has 0 fully saturated rings.